The zero-order valence-electron chi connectivity index (χ0n) is 9.96. The maximum atomic E-state index is 11.7. The molecule has 0 spiro atoms. The van der Waals surface area contributed by atoms with Gasteiger partial charge in [-0.05, 0) is 18.6 Å². The number of furan rings is 1. The van der Waals surface area contributed by atoms with Gasteiger partial charge in [-0.3, -0.25) is 9.59 Å². The Morgan fingerprint density at radius 3 is 2.89 bits per heavy atom. The topological polar surface area (TPSA) is 106 Å². The van der Waals surface area contributed by atoms with E-state index >= 15 is 0 Å². The van der Waals surface area contributed by atoms with E-state index in [1.165, 1.54) is 12.3 Å². The summed E-state index contributed by atoms with van der Waals surface area (Å²) < 4.78 is 10.1. The molecule has 0 aliphatic carbocycles. The van der Waals surface area contributed by atoms with Crippen molar-refractivity contribution in [1.29, 1.82) is 0 Å². The molecular formula is C12H12N2O5. The number of amides is 1. The van der Waals surface area contributed by atoms with E-state index in [0.29, 0.717) is 17.9 Å². The monoisotopic (exact) mass is 264 g/mol. The summed E-state index contributed by atoms with van der Waals surface area (Å²) >= 11 is 0. The number of carbonyl (C=O) groups excluding carboxylic acids is 1. The van der Waals surface area contributed by atoms with Gasteiger partial charge in [0.25, 0.3) is 5.91 Å². The van der Waals surface area contributed by atoms with Crippen molar-refractivity contribution < 1.29 is 23.6 Å². The average molecular weight is 264 g/mol. The van der Waals surface area contributed by atoms with Gasteiger partial charge in [0, 0.05) is 19.0 Å². The van der Waals surface area contributed by atoms with Crippen molar-refractivity contribution in [2.24, 2.45) is 0 Å². The molecule has 2 aromatic rings. The Kier molecular flexibility index (Phi) is 3.97. The van der Waals surface area contributed by atoms with Gasteiger partial charge in [-0.1, -0.05) is 5.16 Å². The highest BCUT2D eigenvalue weighted by molar-refractivity contribution is 5.92. The predicted octanol–water partition coefficient (Wildman–Crippen LogP) is 1.53. The maximum Gasteiger partial charge on any atom is 0.303 e. The van der Waals surface area contributed by atoms with Crippen molar-refractivity contribution in [3.05, 3.63) is 30.2 Å². The third-order valence-corrected chi connectivity index (χ3v) is 2.36. The quantitative estimate of drug-likeness (QED) is 0.766. The molecule has 2 rings (SSSR count). The lowest BCUT2D eigenvalue weighted by Crippen LogP contribution is -2.25. The molecule has 7 heteroatoms. The minimum absolute atomic E-state index is 0.0107. The molecule has 2 N–H and O–H groups in total. The van der Waals surface area contributed by atoms with E-state index in [1.54, 1.807) is 12.1 Å². The zero-order chi connectivity index (χ0) is 13.7. The summed E-state index contributed by atoms with van der Waals surface area (Å²) in [6.45, 7) is 0.272. The largest absolute Gasteiger partial charge is 0.481 e. The second-order valence-electron chi connectivity index (χ2n) is 3.81. The lowest BCUT2D eigenvalue weighted by molar-refractivity contribution is -0.137. The van der Waals surface area contributed by atoms with Crippen molar-refractivity contribution in [2.45, 2.75) is 12.8 Å². The second-order valence-corrected chi connectivity index (χ2v) is 3.81. The van der Waals surface area contributed by atoms with Crippen molar-refractivity contribution in [1.82, 2.24) is 10.5 Å². The van der Waals surface area contributed by atoms with Crippen LogP contribution in [-0.2, 0) is 4.79 Å². The summed E-state index contributed by atoms with van der Waals surface area (Å²) in [7, 11) is 0. The van der Waals surface area contributed by atoms with E-state index in [-0.39, 0.29) is 18.7 Å². The minimum atomic E-state index is -0.893. The van der Waals surface area contributed by atoms with Crippen LogP contribution in [0.1, 0.15) is 23.3 Å². The van der Waals surface area contributed by atoms with Crippen LogP contribution in [0.2, 0.25) is 0 Å². The van der Waals surface area contributed by atoms with Gasteiger partial charge < -0.3 is 19.4 Å². The SMILES string of the molecule is O=C(O)CCCNC(=O)c1cc(-c2ccco2)on1. The first-order valence-corrected chi connectivity index (χ1v) is 5.67. The summed E-state index contributed by atoms with van der Waals surface area (Å²) in [5, 5.41) is 14.6. The van der Waals surface area contributed by atoms with E-state index < -0.39 is 11.9 Å². The van der Waals surface area contributed by atoms with Crippen LogP contribution in [0.4, 0.5) is 0 Å². The Bertz CT molecular complexity index is 558. The van der Waals surface area contributed by atoms with E-state index in [1.807, 2.05) is 0 Å². The van der Waals surface area contributed by atoms with Crippen LogP contribution in [0.5, 0.6) is 0 Å². The van der Waals surface area contributed by atoms with E-state index in [0.717, 1.165) is 0 Å². The molecule has 2 aromatic heterocycles. The van der Waals surface area contributed by atoms with E-state index in [2.05, 4.69) is 10.5 Å². The number of rotatable bonds is 6. The van der Waals surface area contributed by atoms with Crippen LogP contribution < -0.4 is 5.32 Å². The first-order chi connectivity index (χ1) is 9.16. The fraction of sp³-hybridized carbons (Fsp3) is 0.250. The van der Waals surface area contributed by atoms with E-state index in [9.17, 15) is 9.59 Å². The average Bonchev–Trinajstić information content (AvgIpc) is 3.03. The van der Waals surface area contributed by atoms with Gasteiger partial charge in [0.05, 0.1) is 6.26 Å². The molecule has 7 nitrogen and oxygen atoms in total. The maximum absolute atomic E-state index is 11.7. The normalized spacial score (nSPS) is 10.3. The molecule has 0 aliphatic rings. The molecular weight excluding hydrogens is 252 g/mol. The number of aromatic nitrogens is 1. The number of carbonyl (C=O) groups is 2. The number of aliphatic carboxylic acids is 1. The van der Waals surface area contributed by atoms with Crippen LogP contribution in [0.15, 0.2) is 33.4 Å². The van der Waals surface area contributed by atoms with Crippen LogP contribution in [-0.4, -0.2) is 28.7 Å². The third-order valence-electron chi connectivity index (χ3n) is 2.36. The summed E-state index contributed by atoms with van der Waals surface area (Å²) in [6, 6.07) is 4.85. The molecule has 19 heavy (non-hydrogen) atoms. The Morgan fingerprint density at radius 1 is 1.37 bits per heavy atom. The number of carboxylic acid groups (broad SMARTS) is 1. The second kappa shape index (κ2) is 5.85. The summed E-state index contributed by atoms with van der Waals surface area (Å²) in [4.78, 5) is 22.0. The number of nitrogens with one attached hydrogen (secondary N) is 1. The van der Waals surface area contributed by atoms with Crippen molar-refractivity contribution >= 4 is 11.9 Å². The van der Waals surface area contributed by atoms with Gasteiger partial charge in [-0.15, -0.1) is 0 Å². The summed E-state index contributed by atoms with van der Waals surface area (Å²) in [5.41, 5.74) is 0.127. The molecule has 0 saturated carbocycles. The Hall–Kier alpha value is -2.57. The highest BCUT2D eigenvalue weighted by Crippen LogP contribution is 2.20. The van der Waals surface area contributed by atoms with Gasteiger partial charge in [0.15, 0.2) is 11.5 Å². The van der Waals surface area contributed by atoms with Gasteiger partial charge in [-0.2, -0.15) is 0 Å². The Labute approximate surface area is 108 Å². The van der Waals surface area contributed by atoms with Crippen molar-refractivity contribution in [3.8, 4) is 11.5 Å². The number of hydrogen-bond acceptors (Lipinski definition) is 5. The van der Waals surface area contributed by atoms with Gasteiger partial charge in [0.2, 0.25) is 5.76 Å². The van der Waals surface area contributed by atoms with Gasteiger partial charge in [-0.25, -0.2) is 0 Å². The fourth-order valence-electron chi connectivity index (χ4n) is 1.45. The van der Waals surface area contributed by atoms with Crippen LogP contribution in [0.3, 0.4) is 0 Å². The smallest absolute Gasteiger partial charge is 0.303 e. The minimum Gasteiger partial charge on any atom is -0.481 e. The molecule has 0 aromatic carbocycles. The lowest BCUT2D eigenvalue weighted by atomic mass is 10.3. The van der Waals surface area contributed by atoms with Gasteiger partial charge in [0.1, 0.15) is 0 Å². The molecule has 0 aliphatic heterocycles. The lowest BCUT2D eigenvalue weighted by Gasteiger charge is -1.99. The van der Waals surface area contributed by atoms with Crippen molar-refractivity contribution in [2.75, 3.05) is 6.54 Å². The molecule has 0 atom stereocenters. The molecule has 0 unspecified atom stereocenters. The first-order valence-electron chi connectivity index (χ1n) is 5.67. The highest BCUT2D eigenvalue weighted by atomic mass is 16.5. The third kappa shape index (κ3) is 3.44. The Balaban J connectivity index is 1.88. The van der Waals surface area contributed by atoms with Crippen molar-refractivity contribution in [3.63, 3.8) is 0 Å². The van der Waals surface area contributed by atoms with Gasteiger partial charge >= 0.3 is 5.97 Å². The van der Waals surface area contributed by atoms with Crippen LogP contribution in [0.25, 0.3) is 11.5 Å². The van der Waals surface area contributed by atoms with Crippen LogP contribution in [0, 0.1) is 0 Å². The molecule has 0 radical (unpaired) electrons. The highest BCUT2D eigenvalue weighted by Gasteiger charge is 2.14. The number of hydrogen-bond donors (Lipinski definition) is 2. The number of carboxylic acids is 1. The first kappa shape index (κ1) is 12.9. The molecule has 0 fully saturated rings. The fourth-order valence-corrected chi connectivity index (χ4v) is 1.45. The van der Waals surface area contributed by atoms with E-state index in [4.69, 9.17) is 14.0 Å². The molecule has 0 bridgehead atoms. The standard InChI is InChI=1S/C12H12N2O5/c15-11(16)4-1-5-13-12(17)8-7-10(19-14-8)9-3-2-6-18-9/h2-3,6-7H,1,4-5H2,(H,13,17)(H,15,16). The zero-order valence-corrected chi connectivity index (χ0v) is 9.96. The summed E-state index contributed by atoms with van der Waals surface area (Å²) in [5.74, 6) is -0.458. The molecule has 1 amide bonds. The summed E-state index contributed by atoms with van der Waals surface area (Å²) in [6.07, 6.45) is 1.87. The molecule has 2 heterocycles. The molecule has 0 saturated heterocycles. The molecule has 100 valence electrons. The van der Waals surface area contributed by atoms with Crippen LogP contribution >= 0.6 is 0 Å². The predicted molar refractivity (Wildman–Crippen MR) is 63.4 cm³/mol. The Morgan fingerprint density at radius 2 is 2.21 bits per heavy atom. The number of nitrogens with zero attached hydrogens (tertiary/aromatic N) is 1.